The van der Waals surface area contributed by atoms with Crippen molar-refractivity contribution < 1.29 is 13.2 Å². The summed E-state index contributed by atoms with van der Waals surface area (Å²) in [6.45, 7) is 15.9. The SMILES string of the molecule is Cc1cc2nc(N3CCN(C(=O)c4ccc(S(=O)(=O)N(CC(C)C)CC(C)C)cc4)CC3)sc2cc1C. The molecule has 1 aromatic heterocycles. The summed E-state index contributed by atoms with van der Waals surface area (Å²) in [4.78, 5) is 22.3. The largest absolute Gasteiger partial charge is 0.345 e. The quantitative estimate of drug-likeness (QED) is 0.392. The van der Waals surface area contributed by atoms with Crippen molar-refractivity contribution in [2.45, 2.75) is 46.4 Å². The van der Waals surface area contributed by atoms with Gasteiger partial charge in [-0.1, -0.05) is 39.0 Å². The maximum Gasteiger partial charge on any atom is 0.253 e. The summed E-state index contributed by atoms with van der Waals surface area (Å²) in [5, 5.41) is 0.994. The molecule has 1 aliphatic heterocycles. The minimum atomic E-state index is -3.62. The van der Waals surface area contributed by atoms with Gasteiger partial charge in [-0.25, -0.2) is 13.4 Å². The predicted molar refractivity (Wildman–Crippen MR) is 152 cm³/mol. The molecule has 200 valence electrons. The number of anilines is 1. The molecule has 37 heavy (non-hydrogen) atoms. The Balaban J connectivity index is 1.42. The third-order valence-corrected chi connectivity index (χ3v) is 9.63. The molecule has 0 bridgehead atoms. The first-order valence-electron chi connectivity index (χ1n) is 13.0. The lowest BCUT2D eigenvalue weighted by atomic mass is 10.1. The fourth-order valence-corrected chi connectivity index (χ4v) is 7.45. The lowest BCUT2D eigenvalue weighted by Crippen LogP contribution is -2.48. The maximum atomic E-state index is 13.3. The van der Waals surface area contributed by atoms with Crippen LogP contribution in [0.25, 0.3) is 10.2 Å². The van der Waals surface area contributed by atoms with Gasteiger partial charge in [0.1, 0.15) is 0 Å². The molecule has 0 aliphatic carbocycles. The molecule has 0 saturated carbocycles. The van der Waals surface area contributed by atoms with Crippen LogP contribution in [-0.2, 0) is 10.0 Å². The lowest BCUT2D eigenvalue weighted by Gasteiger charge is -2.34. The molecule has 0 spiro atoms. The highest BCUT2D eigenvalue weighted by Crippen LogP contribution is 2.31. The summed E-state index contributed by atoms with van der Waals surface area (Å²) in [6, 6.07) is 10.8. The van der Waals surface area contributed by atoms with E-state index in [1.54, 1.807) is 39.9 Å². The van der Waals surface area contributed by atoms with Gasteiger partial charge in [0.25, 0.3) is 5.91 Å². The van der Waals surface area contributed by atoms with Gasteiger partial charge in [0, 0.05) is 44.8 Å². The zero-order chi connectivity index (χ0) is 26.9. The average molecular weight is 543 g/mol. The monoisotopic (exact) mass is 542 g/mol. The number of carbonyl (C=O) groups excluding carboxylic acids is 1. The van der Waals surface area contributed by atoms with Gasteiger partial charge in [0.15, 0.2) is 5.13 Å². The molecule has 1 saturated heterocycles. The molecule has 1 fully saturated rings. The van der Waals surface area contributed by atoms with E-state index in [4.69, 9.17) is 4.98 Å². The molecule has 1 amide bonds. The molecular weight excluding hydrogens is 504 g/mol. The van der Waals surface area contributed by atoms with Crippen LogP contribution in [0.15, 0.2) is 41.3 Å². The van der Waals surface area contributed by atoms with Crippen molar-refractivity contribution in [1.29, 1.82) is 0 Å². The summed E-state index contributed by atoms with van der Waals surface area (Å²) in [5.74, 6) is 0.383. The molecule has 0 N–H and O–H groups in total. The Morgan fingerprint density at radius 2 is 1.51 bits per heavy atom. The van der Waals surface area contributed by atoms with Crippen LogP contribution in [0.3, 0.4) is 0 Å². The standard InChI is InChI=1S/C28H38N4O3S2/c1-19(2)17-32(18-20(3)4)37(34,35)24-9-7-23(8-10-24)27(33)30-11-13-31(14-12-30)28-29-25-15-21(5)22(6)16-26(25)36-28/h7-10,15-16,19-20H,11-14,17-18H2,1-6H3. The normalized spacial score (nSPS) is 14.9. The fraction of sp³-hybridized carbons (Fsp3) is 0.500. The van der Waals surface area contributed by atoms with Crippen LogP contribution in [0.1, 0.15) is 49.2 Å². The molecule has 2 aromatic carbocycles. The van der Waals surface area contributed by atoms with Crippen molar-refractivity contribution >= 4 is 42.6 Å². The van der Waals surface area contributed by atoms with Crippen LogP contribution in [0.4, 0.5) is 5.13 Å². The van der Waals surface area contributed by atoms with Crippen LogP contribution in [0.5, 0.6) is 0 Å². The number of amides is 1. The average Bonchev–Trinajstić information content (AvgIpc) is 3.25. The van der Waals surface area contributed by atoms with Gasteiger partial charge in [0.05, 0.1) is 15.1 Å². The number of sulfonamides is 1. The van der Waals surface area contributed by atoms with Gasteiger partial charge in [0.2, 0.25) is 10.0 Å². The zero-order valence-corrected chi connectivity index (χ0v) is 24.3. The van der Waals surface area contributed by atoms with E-state index in [0.717, 1.165) is 23.7 Å². The minimum absolute atomic E-state index is 0.0691. The number of hydrogen-bond donors (Lipinski definition) is 0. The zero-order valence-electron chi connectivity index (χ0n) is 22.7. The van der Waals surface area contributed by atoms with Crippen molar-refractivity contribution in [3.63, 3.8) is 0 Å². The molecule has 4 rings (SSSR count). The van der Waals surface area contributed by atoms with Crippen LogP contribution in [0, 0.1) is 25.7 Å². The Kier molecular flexibility index (Phi) is 8.26. The predicted octanol–water partition coefficient (Wildman–Crippen LogP) is 5.18. The van der Waals surface area contributed by atoms with Crippen molar-refractivity contribution in [1.82, 2.24) is 14.2 Å². The van der Waals surface area contributed by atoms with E-state index >= 15 is 0 Å². The molecule has 0 atom stereocenters. The molecule has 7 nitrogen and oxygen atoms in total. The first-order valence-corrected chi connectivity index (χ1v) is 15.2. The third kappa shape index (κ3) is 6.16. The molecule has 2 heterocycles. The van der Waals surface area contributed by atoms with Crippen LogP contribution < -0.4 is 4.90 Å². The Labute approximate surface area is 225 Å². The summed E-state index contributed by atoms with van der Waals surface area (Å²) in [5.41, 5.74) is 4.05. The molecule has 3 aromatic rings. The van der Waals surface area contributed by atoms with Crippen LogP contribution >= 0.6 is 11.3 Å². The van der Waals surface area contributed by atoms with E-state index in [-0.39, 0.29) is 22.6 Å². The van der Waals surface area contributed by atoms with Gasteiger partial charge in [-0.3, -0.25) is 4.79 Å². The number of fused-ring (bicyclic) bond motifs is 1. The first kappa shape index (κ1) is 27.5. The lowest BCUT2D eigenvalue weighted by molar-refractivity contribution is 0.0746. The third-order valence-electron chi connectivity index (χ3n) is 6.71. The van der Waals surface area contributed by atoms with Gasteiger partial charge in [-0.2, -0.15) is 4.31 Å². The maximum absolute atomic E-state index is 13.3. The summed E-state index contributed by atoms with van der Waals surface area (Å²) < 4.78 is 29.3. The second-order valence-electron chi connectivity index (χ2n) is 10.8. The number of rotatable bonds is 8. The second kappa shape index (κ2) is 11.1. The van der Waals surface area contributed by atoms with Crippen LogP contribution in [0.2, 0.25) is 0 Å². The second-order valence-corrected chi connectivity index (χ2v) is 13.8. The highest BCUT2D eigenvalue weighted by Gasteiger charge is 2.27. The van der Waals surface area contributed by atoms with Gasteiger partial charge in [-0.15, -0.1) is 0 Å². The molecule has 9 heteroatoms. The highest BCUT2D eigenvalue weighted by atomic mass is 32.2. The topological polar surface area (TPSA) is 73.8 Å². The molecular formula is C28H38N4O3S2. The Hall–Kier alpha value is -2.49. The smallest absolute Gasteiger partial charge is 0.253 e. The number of benzene rings is 2. The first-order chi connectivity index (χ1) is 17.5. The van der Waals surface area contributed by atoms with Crippen molar-refractivity contribution in [3.8, 4) is 0 Å². The number of hydrogen-bond acceptors (Lipinski definition) is 6. The number of thiazole rings is 1. The molecule has 0 radical (unpaired) electrons. The van der Waals surface area contributed by atoms with Gasteiger partial charge < -0.3 is 9.80 Å². The summed E-state index contributed by atoms with van der Waals surface area (Å²) in [7, 11) is -3.62. The summed E-state index contributed by atoms with van der Waals surface area (Å²) >= 11 is 1.70. The van der Waals surface area contributed by atoms with Crippen molar-refractivity contribution in [3.05, 3.63) is 53.1 Å². The Bertz CT molecular complexity index is 1310. The highest BCUT2D eigenvalue weighted by molar-refractivity contribution is 7.89. The summed E-state index contributed by atoms with van der Waals surface area (Å²) in [6.07, 6.45) is 0. The van der Waals surface area contributed by atoms with E-state index < -0.39 is 10.0 Å². The Morgan fingerprint density at radius 1 is 0.946 bits per heavy atom. The number of carbonyl (C=O) groups is 1. The van der Waals surface area contributed by atoms with E-state index in [0.29, 0.717) is 31.7 Å². The van der Waals surface area contributed by atoms with Gasteiger partial charge >= 0.3 is 0 Å². The van der Waals surface area contributed by atoms with Crippen molar-refractivity contribution in [2.75, 3.05) is 44.2 Å². The van der Waals surface area contributed by atoms with Crippen molar-refractivity contribution in [2.24, 2.45) is 11.8 Å². The van der Waals surface area contributed by atoms with E-state index in [1.165, 1.54) is 15.8 Å². The van der Waals surface area contributed by atoms with E-state index in [1.807, 2.05) is 32.6 Å². The van der Waals surface area contributed by atoms with E-state index in [2.05, 4.69) is 30.9 Å². The molecule has 0 unspecified atom stereocenters. The molecule has 1 aliphatic rings. The number of aryl methyl sites for hydroxylation is 2. The van der Waals surface area contributed by atoms with E-state index in [9.17, 15) is 13.2 Å². The fourth-order valence-electron chi connectivity index (χ4n) is 4.59. The van der Waals surface area contributed by atoms with Gasteiger partial charge in [-0.05, 0) is 73.2 Å². The number of piperazine rings is 1. The number of nitrogens with zero attached hydrogens (tertiary/aromatic N) is 4. The van der Waals surface area contributed by atoms with Crippen LogP contribution in [-0.4, -0.2) is 67.8 Å². The number of aromatic nitrogens is 1. The minimum Gasteiger partial charge on any atom is -0.345 e. The Morgan fingerprint density at radius 3 is 2.08 bits per heavy atom.